The minimum Gasteiger partial charge on any atom is -0.462 e. The first kappa shape index (κ1) is 76.9. The molecule has 0 heterocycles. The second kappa shape index (κ2) is 68.3. The third kappa shape index (κ3) is 65.7. The molecular weight excluding hydrogens is 985 g/mol. The first-order valence-corrected chi connectivity index (χ1v) is 34.9. The van der Waals surface area contributed by atoms with E-state index in [-0.39, 0.29) is 31.1 Å². The van der Waals surface area contributed by atoms with Crippen LogP contribution in [0.5, 0.6) is 0 Å². The molecule has 0 bridgehead atoms. The van der Waals surface area contributed by atoms with Gasteiger partial charge in [-0.05, 0) is 116 Å². The molecule has 0 aromatic rings. The van der Waals surface area contributed by atoms with Crippen molar-refractivity contribution in [3.63, 3.8) is 0 Å². The van der Waals surface area contributed by atoms with Gasteiger partial charge in [-0.3, -0.25) is 14.4 Å². The summed E-state index contributed by atoms with van der Waals surface area (Å²) in [5.74, 6) is -0.883. The quantitative estimate of drug-likeness (QED) is 0.0261. The highest BCUT2D eigenvalue weighted by Gasteiger charge is 2.19. The van der Waals surface area contributed by atoms with E-state index in [0.717, 1.165) is 96.3 Å². The van der Waals surface area contributed by atoms with Crippen LogP contribution in [-0.4, -0.2) is 37.2 Å². The van der Waals surface area contributed by atoms with Gasteiger partial charge in [0.15, 0.2) is 6.10 Å². The van der Waals surface area contributed by atoms with Gasteiger partial charge in [-0.15, -0.1) is 0 Å². The summed E-state index contributed by atoms with van der Waals surface area (Å²) in [5, 5.41) is 0. The van der Waals surface area contributed by atoms with Gasteiger partial charge in [0.2, 0.25) is 0 Å². The van der Waals surface area contributed by atoms with Crippen LogP contribution in [0.4, 0.5) is 0 Å². The molecule has 0 aliphatic carbocycles. The largest absolute Gasteiger partial charge is 0.462 e. The van der Waals surface area contributed by atoms with E-state index in [2.05, 4.69) is 93.7 Å². The summed E-state index contributed by atoms with van der Waals surface area (Å²) >= 11 is 0. The Kier molecular flexibility index (Phi) is 65.7. The molecule has 0 N–H and O–H groups in total. The molecule has 80 heavy (non-hydrogen) atoms. The van der Waals surface area contributed by atoms with E-state index in [1.165, 1.54) is 225 Å². The van der Waals surface area contributed by atoms with E-state index >= 15 is 0 Å². The Morgan fingerprint density at radius 2 is 0.450 bits per heavy atom. The van der Waals surface area contributed by atoms with Crippen molar-refractivity contribution in [1.82, 2.24) is 0 Å². The first-order valence-electron chi connectivity index (χ1n) is 34.9. The summed E-state index contributed by atoms with van der Waals surface area (Å²) in [7, 11) is 0. The maximum Gasteiger partial charge on any atom is 0.306 e. The molecule has 0 radical (unpaired) electrons. The van der Waals surface area contributed by atoms with Crippen molar-refractivity contribution < 1.29 is 28.6 Å². The van der Waals surface area contributed by atoms with Gasteiger partial charge in [0, 0.05) is 19.3 Å². The summed E-state index contributed by atoms with van der Waals surface area (Å²) in [6, 6.07) is 0. The fraction of sp³-hybridized carbons (Fsp3) is 0.797. The Labute approximate surface area is 497 Å². The van der Waals surface area contributed by atoms with Crippen LogP contribution in [0.25, 0.3) is 0 Å². The van der Waals surface area contributed by atoms with Crippen LogP contribution in [0.2, 0.25) is 0 Å². The van der Waals surface area contributed by atoms with Crippen molar-refractivity contribution in [2.45, 2.75) is 367 Å². The number of hydrogen-bond donors (Lipinski definition) is 0. The molecule has 0 saturated carbocycles. The number of esters is 3. The van der Waals surface area contributed by atoms with Crippen molar-refractivity contribution in [3.8, 4) is 0 Å². The lowest BCUT2D eigenvalue weighted by Crippen LogP contribution is -2.30. The van der Waals surface area contributed by atoms with E-state index in [1.54, 1.807) is 0 Å². The average Bonchev–Trinajstić information content (AvgIpc) is 3.46. The van der Waals surface area contributed by atoms with Crippen LogP contribution >= 0.6 is 0 Å². The Morgan fingerprint density at radius 3 is 0.738 bits per heavy atom. The lowest BCUT2D eigenvalue weighted by Gasteiger charge is -2.18. The van der Waals surface area contributed by atoms with Crippen molar-refractivity contribution in [3.05, 3.63) is 72.9 Å². The molecule has 0 aliphatic heterocycles. The minimum atomic E-state index is -0.787. The lowest BCUT2D eigenvalue weighted by molar-refractivity contribution is -0.167. The third-order valence-electron chi connectivity index (χ3n) is 15.4. The molecule has 0 aliphatic rings. The van der Waals surface area contributed by atoms with Crippen molar-refractivity contribution in [2.24, 2.45) is 0 Å². The zero-order chi connectivity index (χ0) is 57.8. The minimum absolute atomic E-state index is 0.0811. The highest BCUT2D eigenvalue weighted by atomic mass is 16.6. The van der Waals surface area contributed by atoms with E-state index in [4.69, 9.17) is 14.2 Å². The molecule has 6 heteroatoms. The normalized spacial score (nSPS) is 12.5. The summed E-state index contributed by atoms with van der Waals surface area (Å²) in [5.41, 5.74) is 0. The summed E-state index contributed by atoms with van der Waals surface area (Å²) in [4.78, 5) is 38.4. The van der Waals surface area contributed by atoms with Gasteiger partial charge in [-0.2, -0.15) is 0 Å². The smallest absolute Gasteiger partial charge is 0.306 e. The topological polar surface area (TPSA) is 78.9 Å². The van der Waals surface area contributed by atoms with Crippen LogP contribution in [0.3, 0.4) is 0 Å². The number of carbonyl (C=O) groups is 3. The van der Waals surface area contributed by atoms with Crippen molar-refractivity contribution >= 4 is 17.9 Å². The van der Waals surface area contributed by atoms with Gasteiger partial charge in [0.1, 0.15) is 13.2 Å². The molecule has 0 aromatic carbocycles. The van der Waals surface area contributed by atoms with Crippen LogP contribution in [0.1, 0.15) is 361 Å². The molecule has 464 valence electrons. The molecule has 1 unspecified atom stereocenters. The van der Waals surface area contributed by atoms with Crippen molar-refractivity contribution in [2.75, 3.05) is 13.2 Å². The number of rotatable bonds is 64. The summed E-state index contributed by atoms with van der Waals surface area (Å²) < 4.78 is 17.0. The molecule has 0 saturated heterocycles. The fourth-order valence-electron chi connectivity index (χ4n) is 10.1. The summed E-state index contributed by atoms with van der Waals surface area (Å²) in [6.45, 7) is 6.63. The SMILES string of the molecule is CCCCC/C=C\C/C=C\C/C=C\CCCCCCCCC(=O)OC(COC(=O)CCCCCCC/C=C\CCCCCCCCC)COC(=O)CCCCCCCCCCCCCCCCC/C=C\C/C=C\CCCCCCC. The Bertz CT molecular complexity index is 1470. The van der Waals surface area contributed by atoms with E-state index in [1.807, 2.05) is 0 Å². The van der Waals surface area contributed by atoms with Gasteiger partial charge in [0.05, 0.1) is 0 Å². The Balaban J connectivity index is 4.31. The first-order chi connectivity index (χ1) is 39.5. The number of ether oxygens (including phenoxy) is 3. The molecule has 0 aromatic heterocycles. The number of hydrogen-bond acceptors (Lipinski definition) is 6. The van der Waals surface area contributed by atoms with Gasteiger partial charge < -0.3 is 14.2 Å². The molecule has 0 amide bonds. The standard InChI is InChI=1S/C74H132O6/c1-4-7-10-13-16-19-22-25-28-31-33-34-35-36-37-38-39-40-42-43-46-49-52-55-58-61-64-67-73(76)79-70-71(69-78-72(75)66-63-60-57-54-51-48-45-30-27-24-21-18-15-12-9-6-3)80-74(77)68-65-62-59-56-53-50-47-44-41-32-29-26-23-20-17-14-11-8-5-2/h17,20,22,25-26,29-31,33,41,44-45,71H,4-16,18-19,21,23-24,27-28,32,34-40,42-43,46-70H2,1-3H3/b20-17-,25-22-,29-26-,33-31-,44-41-,45-30-. The zero-order valence-corrected chi connectivity index (χ0v) is 53.3. The highest BCUT2D eigenvalue weighted by Crippen LogP contribution is 2.17. The Morgan fingerprint density at radius 1 is 0.250 bits per heavy atom. The molecule has 1 atom stereocenters. The maximum absolute atomic E-state index is 12.9. The van der Waals surface area contributed by atoms with Crippen LogP contribution in [0, 0.1) is 0 Å². The maximum atomic E-state index is 12.9. The zero-order valence-electron chi connectivity index (χ0n) is 53.3. The number of unbranched alkanes of at least 4 members (excludes halogenated alkanes) is 41. The van der Waals surface area contributed by atoms with Gasteiger partial charge in [0.25, 0.3) is 0 Å². The third-order valence-corrected chi connectivity index (χ3v) is 15.4. The predicted molar refractivity (Wildman–Crippen MR) is 348 cm³/mol. The highest BCUT2D eigenvalue weighted by molar-refractivity contribution is 5.71. The lowest BCUT2D eigenvalue weighted by atomic mass is 10.0. The molecule has 0 rings (SSSR count). The van der Waals surface area contributed by atoms with E-state index in [9.17, 15) is 14.4 Å². The molecule has 0 spiro atoms. The second-order valence-electron chi connectivity index (χ2n) is 23.4. The van der Waals surface area contributed by atoms with Crippen LogP contribution < -0.4 is 0 Å². The van der Waals surface area contributed by atoms with Crippen molar-refractivity contribution in [1.29, 1.82) is 0 Å². The average molecular weight is 1120 g/mol. The molecule has 0 fully saturated rings. The van der Waals surface area contributed by atoms with E-state index in [0.29, 0.717) is 19.3 Å². The Hall–Kier alpha value is -3.15. The monoisotopic (exact) mass is 1120 g/mol. The fourth-order valence-corrected chi connectivity index (χ4v) is 10.1. The number of allylic oxidation sites excluding steroid dienone is 12. The van der Waals surface area contributed by atoms with Crippen LogP contribution in [0.15, 0.2) is 72.9 Å². The summed E-state index contributed by atoms with van der Waals surface area (Å²) in [6.07, 6.45) is 89.2. The van der Waals surface area contributed by atoms with Gasteiger partial charge in [-0.25, -0.2) is 0 Å². The molecular formula is C74H132O6. The molecule has 6 nitrogen and oxygen atoms in total. The van der Waals surface area contributed by atoms with Crippen LogP contribution in [-0.2, 0) is 28.6 Å². The van der Waals surface area contributed by atoms with E-state index < -0.39 is 6.10 Å². The number of carbonyl (C=O) groups excluding carboxylic acids is 3. The van der Waals surface area contributed by atoms with Gasteiger partial charge >= 0.3 is 17.9 Å². The van der Waals surface area contributed by atoms with Gasteiger partial charge in [-0.1, -0.05) is 299 Å². The second-order valence-corrected chi connectivity index (χ2v) is 23.4. The predicted octanol–water partition coefficient (Wildman–Crippen LogP) is 24.1.